The number of anilines is 2. The summed E-state index contributed by atoms with van der Waals surface area (Å²) >= 11 is 0. The van der Waals surface area contributed by atoms with Crippen LogP contribution in [0.25, 0.3) is 0 Å². The van der Waals surface area contributed by atoms with E-state index in [4.69, 9.17) is 5.73 Å². The van der Waals surface area contributed by atoms with Crippen LogP contribution >= 0.6 is 0 Å². The van der Waals surface area contributed by atoms with Crippen LogP contribution in [0, 0.1) is 22.9 Å². The van der Waals surface area contributed by atoms with E-state index in [2.05, 4.69) is 10.3 Å². The molecule has 2 aromatic carbocycles. The van der Waals surface area contributed by atoms with E-state index in [1.807, 2.05) is 0 Å². The summed E-state index contributed by atoms with van der Waals surface area (Å²) in [7, 11) is 1.50. The first-order valence-electron chi connectivity index (χ1n) is 8.63. The predicted octanol–water partition coefficient (Wildman–Crippen LogP) is 3.88. The van der Waals surface area contributed by atoms with E-state index < -0.39 is 28.4 Å². The lowest BCUT2D eigenvalue weighted by molar-refractivity contribution is -0.140. The maximum atomic E-state index is 14.8. The lowest BCUT2D eigenvalue weighted by atomic mass is 9.67. The Labute approximate surface area is 161 Å². The van der Waals surface area contributed by atoms with Crippen LogP contribution in [0.3, 0.4) is 0 Å². The summed E-state index contributed by atoms with van der Waals surface area (Å²) in [6.07, 6.45) is 0. The number of aliphatic imine (C=N–C) groups is 1. The van der Waals surface area contributed by atoms with Gasteiger partial charge in [0, 0.05) is 24.4 Å². The zero-order valence-electron chi connectivity index (χ0n) is 16.0. The second-order valence-electron chi connectivity index (χ2n) is 7.48. The van der Waals surface area contributed by atoms with Gasteiger partial charge in [-0.05, 0) is 51.1 Å². The van der Waals surface area contributed by atoms with Crippen molar-refractivity contribution < 1.29 is 18.0 Å². The molecular formula is C20H21F3N4O. The molecule has 148 valence electrons. The Morgan fingerprint density at radius 2 is 1.68 bits per heavy atom. The lowest BCUT2D eigenvalue weighted by Crippen LogP contribution is -2.58. The molecular weight excluding hydrogens is 369 g/mol. The van der Waals surface area contributed by atoms with E-state index >= 15 is 0 Å². The van der Waals surface area contributed by atoms with E-state index in [1.165, 1.54) is 30.1 Å². The number of halogens is 3. The van der Waals surface area contributed by atoms with Gasteiger partial charge in [0.15, 0.2) is 5.96 Å². The summed E-state index contributed by atoms with van der Waals surface area (Å²) in [6, 6.07) is 7.00. The Kier molecular flexibility index (Phi) is 4.61. The zero-order chi connectivity index (χ0) is 20.9. The van der Waals surface area contributed by atoms with Crippen molar-refractivity contribution in [3.8, 4) is 0 Å². The van der Waals surface area contributed by atoms with Gasteiger partial charge in [0.2, 0.25) is 5.91 Å². The van der Waals surface area contributed by atoms with Crippen LogP contribution in [-0.4, -0.2) is 23.8 Å². The molecule has 0 radical (unpaired) electrons. The van der Waals surface area contributed by atoms with Crippen LogP contribution in [-0.2, 0) is 10.3 Å². The summed E-state index contributed by atoms with van der Waals surface area (Å²) in [5.41, 5.74) is 3.81. The Hall–Kier alpha value is -3.03. The topological polar surface area (TPSA) is 70.7 Å². The third-order valence-electron chi connectivity index (χ3n) is 5.44. The number of carbonyl (C=O) groups excluding carboxylic acids is 1. The average molecular weight is 390 g/mol. The van der Waals surface area contributed by atoms with E-state index in [1.54, 1.807) is 20.8 Å². The van der Waals surface area contributed by atoms with Crippen LogP contribution in [0.1, 0.15) is 26.3 Å². The highest BCUT2D eigenvalue weighted by atomic mass is 19.1. The molecule has 28 heavy (non-hydrogen) atoms. The standard InChI is InChI=1S/C20H21F3N4O/c1-19(2)17(28)27(4)18(24)26-20(19,3)13-10-12(6-8-14(13)22)25-16-9-11(21)5-7-15(16)23/h5-10,25H,1-4H3,(H2,24,26). The third-order valence-corrected chi connectivity index (χ3v) is 5.44. The van der Waals surface area contributed by atoms with Gasteiger partial charge >= 0.3 is 0 Å². The molecule has 0 fully saturated rings. The molecule has 1 unspecified atom stereocenters. The Morgan fingerprint density at radius 1 is 1.04 bits per heavy atom. The molecule has 2 aromatic rings. The Morgan fingerprint density at radius 3 is 2.36 bits per heavy atom. The number of guanidine groups is 1. The summed E-state index contributed by atoms with van der Waals surface area (Å²) in [6.45, 7) is 4.94. The van der Waals surface area contributed by atoms with Gasteiger partial charge in [0.1, 0.15) is 23.0 Å². The molecule has 0 spiro atoms. The number of hydrogen-bond donors (Lipinski definition) is 2. The summed E-state index contributed by atoms with van der Waals surface area (Å²) in [5.74, 6) is -2.19. The minimum atomic E-state index is -1.30. The number of nitrogens with two attached hydrogens (primary N) is 1. The number of nitrogens with zero attached hydrogens (tertiary/aromatic N) is 2. The van der Waals surface area contributed by atoms with Crippen molar-refractivity contribution in [3.63, 3.8) is 0 Å². The van der Waals surface area contributed by atoms with E-state index in [0.717, 1.165) is 18.2 Å². The predicted molar refractivity (Wildman–Crippen MR) is 102 cm³/mol. The highest BCUT2D eigenvalue weighted by Gasteiger charge is 2.53. The zero-order valence-corrected chi connectivity index (χ0v) is 16.0. The van der Waals surface area contributed by atoms with Gasteiger partial charge in [-0.2, -0.15) is 0 Å². The first kappa shape index (κ1) is 19.7. The van der Waals surface area contributed by atoms with E-state index in [0.29, 0.717) is 5.69 Å². The van der Waals surface area contributed by atoms with E-state index in [9.17, 15) is 18.0 Å². The molecule has 0 aliphatic carbocycles. The van der Waals surface area contributed by atoms with Crippen LogP contribution in [0.4, 0.5) is 24.5 Å². The van der Waals surface area contributed by atoms with Crippen molar-refractivity contribution in [3.05, 3.63) is 59.4 Å². The molecule has 0 saturated carbocycles. The molecule has 0 saturated heterocycles. The molecule has 8 heteroatoms. The molecule has 1 atom stereocenters. The van der Waals surface area contributed by atoms with Gasteiger partial charge in [-0.15, -0.1) is 0 Å². The summed E-state index contributed by atoms with van der Waals surface area (Å²) in [4.78, 5) is 18.4. The third kappa shape index (κ3) is 2.98. The van der Waals surface area contributed by atoms with Gasteiger partial charge in [0.05, 0.1) is 11.1 Å². The molecule has 3 rings (SSSR count). The molecule has 1 amide bonds. The van der Waals surface area contributed by atoms with Crippen LogP contribution in [0.15, 0.2) is 41.4 Å². The molecule has 1 aliphatic heterocycles. The number of carbonyl (C=O) groups is 1. The molecule has 1 heterocycles. The van der Waals surface area contributed by atoms with Crippen molar-refractivity contribution in [2.45, 2.75) is 26.3 Å². The second kappa shape index (κ2) is 6.54. The van der Waals surface area contributed by atoms with Crippen LogP contribution < -0.4 is 11.1 Å². The van der Waals surface area contributed by atoms with Gasteiger partial charge in [0.25, 0.3) is 0 Å². The lowest BCUT2D eigenvalue weighted by Gasteiger charge is -2.46. The first-order valence-corrected chi connectivity index (χ1v) is 8.63. The molecule has 5 nitrogen and oxygen atoms in total. The quantitative estimate of drug-likeness (QED) is 0.836. The molecule has 1 aliphatic rings. The fraction of sp³-hybridized carbons (Fsp3) is 0.300. The summed E-state index contributed by atoms with van der Waals surface area (Å²) < 4.78 is 42.2. The maximum absolute atomic E-state index is 14.8. The van der Waals surface area contributed by atoms with Crippen LogP contribution in [0.5, 0.6) is 0 Å². The van der Waals surface area contributed by atoms with Crippen molar-refractivity contribution in [2.24, 2.45) is 16.1 Å². The van der Waals surface area contributed by atoms with Gasteiger partial charge < -0.3 is 11.1 Å². The fourth-order valence-corrected chi connectivity index (χ4v) is 3.30. The number of nitrogens with one attached hydrogen (secondary N) is 1. The van der Waals surface area contributed by atoms with E-state index in [-0.39, 0.29) is 23.1 Å². The largest absolute Gasteiger partial charge is 0.369 e. The fourth-order valence-electron chi connectivity index (χ4n) is 3.30. The maximum Gasteiger partial charge on any atom is 0.237 e. The highest BCUT2D eigenvalue weighted by Crippen LogP contribution is 2.47. The number of amides is 1. The molecule has 0 aromatic heterocycles. The average Bonchev–Trinajstić information content (AvgIpc) is 2.63. The number of benzene rings is 2. The minimum absolute atomic E-state index is 0.0271. The monoisotopic (exact) mass is 390 g/mol. The first-order chi connectivity index (χ1) is 13.0. The smallest absolute Gasteiger partial charge is 0.237 e. The van der Waals surface area contributed by atoms with Crippen molar-refractivity contribution in [1.82, 2.24) is 4.90 Å². The van der Waals surface area contributed by atoms with Gasteiger partial charge in [-0.3, -0.25) is 9.69 Å². The number of rotatable bonds is 3. The molecule has 0 bridgehead atoms. The second-order valence-corrected chi connectivity index (χ2v) is 7.48. The highest BCUT2D eigenvalue weighted by molar-refractivity contribution is 6.01. The minimum Gasteiger partial charge on any atom is -0.369 e. The normalized spacial score (nSPS) is 21.5. The Bertz CT molecular complexity index is 989. The number of hydrogen-bond acceptors (Lipinski definition) is 4. The van der Waals surface area contributed by atoms with Crippen LogP contribution in [0.2, 0.25) is 0 Å². The SMILES string of the molecule is CN1C(=O)C(C)(C)C(C)(c2cc(Nc3cc(F)ccc3F)ccc2F)N=C1N. The summed E-state index contributed by atoms with van der Waals surface area (Å²) in [5, 5.41) is 2.74. The van der Waals surface area contributed by atoms with Crippen molar-refractivity contribution in [1.29, 1.82) is 0 Å². The van der Waals surface area contributed by atoms with Gasteiger partial charge in [-0.25, -0.2) is 18.2 Å². The van der Waals surface area contributed by atoms with Crippen molar-refractivity contribution >= 4 is 23.2 Å². The van der Waals surface area contributed by atoms with Crippen molar-refractivity contribution in [2.75, 3.05) is 12.4 Å². The molecule has 3 N–H and O–H groups in total. The van der Waals surface area contributed by atoms with Gasteiger partial charge in [-0.1, -0.05) is 0 Å². The Balaban J connectivity index is 2.11.